The van der Waals surface area contributed by atoms with Gasteiger partial charge in [-0.2, -0.15) is 0 Å². The minimum absolute atomic E-state index is 0.289. The van der Waals surface area contributed by atoms with Crippen LogP contribution in [0.15, 0.2) is 53.0 Å². The van der Waals surface area contributed by atoms with E-state index in [-0.39, 0.29) is 5.91 Å². The number of halogens is 1. The quantitative estimate of drug-likeness (QED) is 0.857. The van der Waals surface area contributed by atoms with Gasteiger partial charge in [-0.25, -0.2) is 0 Å². The van der Waals surface area contributed by atoms with Crippen LogP contribution in [0.5, 0.6) is 5.75 Å². The molecule has 1 atom stereocenters. The molecule has 22 heavy (non-hydrogen) atoms. The molecule has 0 radical (unpaired) electrons. The summed E-state index contributed by atoms with van der Waals surface area (Å²) in [4.78, 5) is 23.1. The Morgan fingerprint density at radius 2 is 1.77 bits per heavy atom. The molecule has 3 N–H and O–H groups in total. The zero-order chi connectivity index (χ0) is 16.1. The highest BCUT2D eigenvalue weighted by molar-refractivity contribution is 9.10. The second kappa shape index (κ2) is 7.09. The number of amides is 2. The van der Waals surface area contributed by atoms with E-state index in [1.807, 2.05) is 18.2 Å². The van der Waals surface area contributed by atoms with Crippen molar-refractivity contribution in [2.45, 2.75) is 13.0 Å². The van der Waals surface area contributed by atoms with E-state index in [0.717, 1.165) is 4.47 Å². The molecule has 0 aliphatic carbocycles. The van der Waals surface area contributed by atoms with Gasteiger partial charge in [0.2, 0.25) is 5.91 Å². The Morgan fingerprint density at radius 1 is 1.14 bits per heavy atom. The number of anilines is 1. The van der Waals surface area contributed by atoms with Gasteiger partial charge in [0.25, 0.3) is 5.91 Å². The van der Waals surface area contributed by atoms with E-state index < -0.39 is 12.0 Å². The molecule has 2 amide bonds. The number of para-hydroxylation sites is 1. The smallest absolute Gasteiger partial charge is 0.265 e. The lowest BCUT2D eigenvalue weighted by atomic mass is 10.2. The second-order valence-electron chi connectivity index (χ2n) is 4.62. The van der Waals surface area contributed by atoms with E-state index in [0.29, 0.717) is 17.0 Å². The molecule has 0 unspecified atom stereocenters. The summed E-state index contributed by atoms with van der Waals surface area (Å²) in [6.07, 6.45) is -0.672. The molecule has 2 aromatic rings. The number of hydrogen-bond acceptors (Lipinski definition) is 3. The normalized spacial score (nSPS) is 11.5. The predicted octanol–water partition coefficient (Wildman–Crippen LogP) is 2.95. The fourth-order valence-electron chi connectivity index (χ4n) is 1.75. The average Bonchev–Trinajstić information content (AvgIpc) is 2.50. The summed E-state index contributed by atoms with van der Waals surface area (Å²) in [6.45, 7) is 1.66. The van der Waals surface area contributed by atoms with E-state index in [2.05, 4.69) is 21.2 Å². The lowest BCUT2D eigenvalue weighted by Crippen LogP contribution is -2.30. The highest BCUT2D eigenvalue weighted by Crippen LogP contribution is 2.25. The first-order valence-corrected chi connectivity index (χ1v) is 7.38. The van der Waals surface area contributed by atoms with Gasteiger partial charge >= 0.3 is 0 Å². The van der Waals surface area contributed by atoms with Crippen LogP contribution in [0.3, 0.4) is 0 Å². The molecule has 5 nitrogen and oxygen atoms in total. The zero-order valence-corrected chi connectivity index (χ0v) is 13.5. The Hall–Kier alpha value is -2.34. The number of nitrogens with one attached hydrogen (secondary N) is 1. The number of rotatable bonds is 5. The number of carbonyl (C=O) groups is 2. The standard InChI is InChI=1S/C16H15BrN2O3/c1-10(22-14-5-3-2-4-13(14)17)16(21)19-12-8-6-11(7-9-12)15(18)20/h2-10H,1H3,(H2,18,20)(H,19,21)/t10-/m0/s1. The number of hydrogen-bond donors (Lipinski definition) is 2. The lowest BCUT2D eigenvalue weighted by Gasteiger charge is -2.15. The lowest BCUT2D eigenvalue weighted by molar-refractivity contribution is -0.122. The Kier molecular flexibility index (Phi) is 5.16. The van der Waals surface area contributed by atoms with Crippen LogP contribution < -0.4 is 15.8 Å². The van der Waals surface area contributed by atoms with Crippen LogP contribution in [0.1, 0.15) is 17.3 Å². The number of ether oxygens (including phenoxy) is 1. The van der Waals surface area contributed by atoms with Crippen LogP contribution >= 0.6 is 15.9 Å². The molecule has 0 aromatic heterocycles. The van der Waals surface area contributed by atoms with E-state index in [1.165, 1.54) is 0 Å². The van der Waals surface area contributed by atoms with Crippen molar-refractivity contribution in [2.24, 2.45) is 5.73 Å². The Balaban J connectivity index is 1.99. The van der Waals surface area contributed by atoms with E-state index >= 15 is 0 Å². The molecule has 0 spiro atoms. The van der Waals surface area contributed by atoms with Crippen LogP contribution in [0.2, 0.25) is 0 Å². The first-order chi connectivity index (χ1) is 10.5. The Bertz CT molecular complexity index is 686. The van der Waals surface area contributed by atoms with Gasteiger partial charge in [0.1, 0.15) is 5.75 Å². The van der Waals surface area contributed by atoms with Gasteiger partial charge in [0.05, 0.1) is 4.47 Å². The first kappa shape index (κ1) is 16.0. The van der Waals surface area contributed by atoms with Crippen molar-refractivity contribution in [3.8, 4) is 5.75 Å². The van der Waals surface area contributed by atoms with Crippen molar-refractivity contribution in [3.63, 3.8) is 0 Å². The summed E-state index contributed by atoms with van der Waals surface area (Å²) in [5.41, 5.74) is 6.11. The SMILES string of the molecule is C[C@H](Oc1ccccc1Br)C(=O)Nc1ccc(C(N)=O)cc1. The molecule has 0 aliphatic rings. The summed E-state index contributed by atoms with van der Waals surface area (Å²) < 4.78 is 6.39. The maximum absolute atomic E-state index is 12.1. The molecule has 0 saturated carbocycles. The summed E-state index contributed by atoms with van der Waals surface area (Å²) >= 11 is 3.36. The molecule has 2 rings (SSSR count). The fraction of sp³-hybridized carbons (Fsp3) is 0.125. The first-order valence-electron chi connectivity index (χ1n) is 6.59. The van der Waals surface area contributed by atoms with Gasteiger partial charge < -0.3 is 15.8 Å². The summed E-state index contributed by atoms with van der Waals surface area (Å²) in [7, 11) is 0. The van der Waals surface area contributed by atoms with Crippen LogP contribution in [0.25, 0.3) is 0 Å². The van der Waals surface area contributed by atoms with Crippen LogP contribution in [0.4, 0.5) is 5.69 Å². The molecule has 0 saturated heterocycles. The van der Waals surface area contributed by atoms with Crippen LogP contribution in [-0.4, -0.2) is 17.9 Å². The largest absolute Gasteiger partial charge is 0.480 e. The topological polar surface area (TPSA) is 81.4 Å². The molecular weight excluding hydrogens is 348 g/mol. The Labute approximate surface area is 136 Å². The van der Waals surface area contributed by atoms with Gasteiger partial charge in [-0.1, -0.05) is 12.1 Å². The number of nitrogens with two attached hydrogens (primary N) is 1. The van der Waals surface area contributed by atoms with Gasteiger partial charge in [0, 0.05) is 11.3 Å². The van der Waals surface area contributed by atoms with Crippen molar-refractivity contribution in [1.82, 2.24) is 0 Å². The van der Waals surface area contributed by atoms with Crippen molar-refractivity contribution >= 4 is 33.4 Å². The molecule has 114 valence electrons. The predicted molar refractivity (Wildman–Crippen MR) is 87.8 cm³/mol. The van der Waals surface area contributed by atoms with Gasteiger partial charge in [-0.15, -0.1) is 0 Å². The maximum Gasteiger partial charge on any atom is 0.265 e. The second-order valence-corrected chi connectivity index (χ2v) is 5.48. The number of benzene rings is 2. The van der Waals surface area contributed by atoms with Crippen LogP contribution in [0, 0.1) is 0 Å². The van der Waals surface area contributed by atoms with Crippen molar-refractivity contribution < 1.29 is 14.3 Å². The molecule has 0 aliphatic heterocycles. The van der Waals surface area contributed by atoms with Crippen molar-refractivity contribution in [2.75, 3.05) is 5.32 Å². The molecule has 0 fully saturated rings. The summed E-state index contributed by atoms with van der Waals surface area (Å²) in [5, 5.41) is 2.72. The summed E-state index contributed by atoms with van der Waals surface area (Å²) in [5.74, 6) is -0.208. The van der Waals surface area contributed by atoms with Gasteiger partial charge in [-0.05, 0) is 59.3 Å². The van der Waals surface area contributed by atoms with E-state index in [9.17, 15) is 9.59 Å². The third kappa shape index (κ3) is 4.08. The van der Waals surface area contributed by atoms with Crippen LogP contribution in [-0.2, 0) is 4.79 Å². The van der Waals surface area contributed by atoms with Crippen molar-refractivity contribution in [1.29, 1.82) is 0 Å². The highest BCUT2D eigenvalue weighted by Gasteiger charge is 2.16. The average molecular weight is 363 g/mol. The third-order valence-electron chi connectivity index (χ3n) is 2.95. The molecule has 0 heterocycles. The van der Waals surface area contributed by atoms with E-state index in [1.54, 1.807) is 37.3 Å². The minimum Gasteiger partial charge on any atom is -0.480 e. The molecule has 0 bridgehead atoms. The van der Waals surface area contributed by atoms with Gasteiger partial charge in [0.15, 0.2) is 6.10 Å². The third-order valence-corrected chi connectivity index (χ3v) is 3.60. The minimum atomic E-state index is -0.672. The number of primary amides is 1. The monoisotopic (exact) mass is 362 g/mol. The van der Waals surface area contributed by atoms with Crippen molar-refractivity contribution in [3.05, 3.63) is 58.6 Å². The molecule has 6 heteroatoms. The molecule has 2 aromatic carbocycles. The maximum atomic E-state index is 12.1. The zero-order valence-electron chi connectivity index (χ0n) is 11.9. The highest BCUT2D eigenvalue weighted by atomic mass is 79.9. The van der Waals surface area contributed by atoms with Gasteiger partial charge in [-0.3, -0.25) is 9.59 Å². The van der Waals surface area contributed by atoms with E-state index in [4.69, 9.17) is 10.5 Å². The summed E-state index contributed by atoms with van der Waals surface area (Å²) in [6, 6.07) is 13.6. The fourth-order valence-corrected chi connectivity index (χ4v) is 2.12. The molecular formula is C16H15BrN2O3. The number of carbonyl (C=O) groups excluding carboxylic acids is 2. The Morgan fingerprint density at radius 3 is 2.36 bits per heavy atom.